The van der Waals surface area contributed by atoms with Gasteiger partial charge in [0.2, 0.25) is 0 Å². The van der Waals surface area contributed by atoms with Gasteiger partial charge in [-0.2, -0.15) is 5.84 Å². The standard InChI is InChI=1S/C4H10N2O2S/c5-6(7)1-3-9(8)4-2-6/h1-5H2. The Kier molecular flexibility index (Phi) is 1.97. The molecule has 0 atom stereocenters. The topological polar surface area (TPSA) is 72.1 Å². The average Bonchev–Trinajstić information content (AvgIpc) is 1.78. The van der Waals surface area contributed by atoms with Crippen molar-refractivity contribution in [3.05, 3.63) is 5.21 Å². The molecule has 1 heterocycles. The molecule has 2 N–H and O–H groups in total. The van der Waals surface area contributed by atoms with E-state index in [1.54, 1.807) is 0 Å². The highest BCUT2D eigenvalue weighted by atomic mass is 32.2. The van der Waals surface area contributed by atoms with E-state index in [9.17, 15) is 9.76 Å². The summed E-state index contributed by atoms with van der Waals surface area (Å²) in [7, 11) is 0. The third-order valence-corrected chi connectivity index (χ3v) is 2.67. The zero-order valence-corrected chi connectivity index (χ0v) is 5.89. The second kappa shape index (κ2) is 2.43. The van der Waals surface area contributed by atoms with Crippen molar-refractivity contribution in [3.8, 4) is 0 Å². The van der Waals surface area contributed by atoms with Gasteiger partial charge in [0.25, 0.3) is 0 Å². The van der Waals surface area contributed by atoms with Crippen LogP contribution in [0.1, 0.15) is 0 Å². The Morgan fingerprint density at radius 1 is 1.33 bits per heavy atom. The zero-order valence-electron chi connectivity index (χ0n) is 5.08. The normalized spacial score (nSPS) is 45.0. The van der Waals surface area contributed by atoms with Crippen molar-refractivity contribution in [3.63, 3.8) is 0 Å². The maximum atomic E-state index is 10.8. The van der Waals surface area contributed by atoms with E-state index in [0.717, 1.165) is 0 Å². The molecule has 0 amide bonds. The number of hydrogen-bond acceptors (Lipinski definition) is 3. The highest BCUT2D eigenvalue weighted by molar-refractivity contribution is 7.91. The summed E-state index contributed by atoms with van der Waals surface area (Å²) in [5.74, 6) is 6.10. The van der Waals surface area contributed by atoms with Gasteiger partial charge in [0.15, 0.2) is 11.5 Å². The minimum absolute atomic E-state index is 0.298. The molecule has 0 aromatic carbocycles. The lowest BCUT2D eigenvalue weighted by atomic mass is 10.6. The summed E-state index contributed by atoms with van der Waals surface area (Å²) < 4.78 is 9.95. The van der Waals surface area contributed by atoms with Crippen molar-refractivity contribution in [1.29, 1.82) is 0 Å². The van der Waals surface area contributed by atoms with E-state index in [1.165, 1.54) is 0 Å². The molecule has 5 heteroatoms. The molecule has 54 valence electrons. The van der Waals surface area contributed by atoms with E-state index in [2.05, 4.69) is 0 Å². The molecule has 1 aliphatic heterocycles. The molecule has 1 saturated heterocycles. The van der Waals surface area contributed by atoms with Crippen LogP contribution in [0.15, 0.2) is 0 Å². The molecule has 0 saturated carbocycles. The van der Waals surface area contributed by atoms with Crippen LogP contribution in [0, 0.1) is 5.21 Å². The van der Waals surface area contributed by atoms with E-state index in [4.69, 9.17) is 5.84 Å². The van der Waals surface area contributed by atoms with Crippen LogP contribution in [0.4, 0.5) is 0 Å². The Morgan fingerprint density at radius 2 is 1.78 bits per heavy atom. The van der Waals surface area contributed by atoms with Crippen molar-refractivity contribution in [2.45, 2.75) is 0 Å². The average molecular weight is 150 g/mol. The fourth-order valence-corrected chi connectivity index (χ4v) is 1.96. The lowest BCUT2D eigenvalue weighted by Gasteiger charge is -2.39. The molecule has 4 nitrogen and oxygen atoms in total. The maximum absolute atomic E-state index is 10.8. The van der Waals surface area contributed by atoms with E-state index in [-0.39, 0.29) is 0 Å². The number of rotatable bonds is 0. The maximum Gasteiger partial charge on any atom is 0.156 e. The number of nitrogens with two attached hydrogens (primary N) is 1. The summed E-state index contributed by atoms with van der Waals surface area (Å²) in [6, 6.07) is 0. The predicted octanol–water partition coefficient (Wildman–Crippen LogP) is -1.06. The van der Waals surface area contributed by atoms with Crippen LogP contribution >= 0.6 is 0 Å². The lowest BCUT2D eigenvalue weighted by Crippen LogP contribution is -2.57. The Bertz CT molecular complexity index is 98.7. The van der Waals surface area contributed by atoms with Gasteiger partial charge in [0.05, 0.1) is 0 Å². The molecule has 0 aromatic heterocycles. The summed E-state index contributed by atoms with van der Waals surface area (Å²) in [5, 5.41) is 10.8. The highest BCUT2D eigenvalue weighted by Gasteiger charge is 2.24. The van der Waals surface area contributed by atoms with E-state index >= 15 is 0 Å². The van der Waals surface area contributed by atoms with Crippen molar-refractivity contribution in [2.75, 3.05) is 24.6 Å². The van der Waals surface area contributed by atoms with Crippen LogP contribution in [0.5, 0.6) is 0 Å². The lowest BCUT2D eigenvalue weighted by molar-refractivity contribution is -0.889. The molecule has 0 aliphatic carbocycles. The van der Waals surface area contributed by atoms with Gasteiger partial charge in [0.1, 0.15) is 13.1 Å². The van der Waals surface area contributed by atoms with Crippen LogP contribution in [-0.2, 0) is 11.2 Å². The second-order valence-electron chi connectivity index (χ2n) is 2.25. The fraction of sp³-hybridized carbons (Fsp3) is 1.00. The Labute approximate surface area is 57.0 Å². The van der Waals surface area contributed by atoms with Gasteiger partial charge in [-0.05, 0) is 11.2 Å². The summed E-state index contributed by atoms with van der Waals surface area (Å²) in [4.78, 5) is 0. The Morgan fingerprint density at radius 3 is 2.11 bits per heavy atom. The second-order valence-corrected chi connectivity index (χ2v) is 3.94. The van der Waals surface area contributed by atoms with Crippen molar-refractivity contribution >= 4 is 11.2 Å². The zero-order chi connectivity index (χ0) is 6.91. The molecule has 0 bridgehead atoms. The van der Waals surface area contributed by atoms with Gasteiger partial charge in [-0.3, -0.25) is 4.76 Å². The largest absolute Gasteiger partial charge is 0.616 e. The molecule has 1 aliphatic rings. The first-order valence-electron chi connectivity index (χ1n) is 2.82. The fourth-order valence-electron chi connectivity index (χ4n) is 0.727. The number of hydroxylamine groups is 2. The van der Waals surface area contributed by atoms with Gasteiger partial charge in [0, 0.05) is 0 Å². The van der Waals surface area contributed by atoms with Gasteiger partial charge in [-0.15, -0.1) is 0 Å². The molecular weight excluding hydrogens is 140 g/mol. The van der Waals surface area contributed by atoms with E-state index < -0.39 is 15.9 Å². The minimum Gasteiger partial charge on any atom is -0.616 e. The summed E-state index contributed by atoms with van der Waals surface area (Å²) >= 11 is -0.782. The summed E-state index contributed by atoms with van der Waals surface area (Å²) in [6.45, 7) is 0.596. The molecule has 1 rings (SSSR count). The predicted molar refractivity (Wildman–Crippen MR) is 35.4 cm³/mol. The third kappa shape index (κ3) is 2.11. The van der Waals surface area contributed by atoms with Gasteiger partial charge >= 0.3 is 0 Å². The molecule has 0 aromatic rings. The molecule has 0 unspecified atom stereocenters. The van der Waals surface area contributed by atoms with Crippen LogP contribution in [-0.4, -0.2) is 33.9 Å². The van der Waals surface area contributed by atoms with Gasteiger partial charge in [-0.1, -0.05) is 0 Å². The number of quaternary nitrogens is 1. The number of nitrogens with zero attached hydrogens (tertiary/aromatic N) is 1. The summed E-state index contributed by atoms with van der Waals surface area (Å²) in [6.07, 6.45) is 0. The van der Waals surface area contributed by atoms with Crippen LogP contribution in [0.2, 0.25) is 0 Å². The van der Waals surface area contributed by atoms with Gasteiger partial charge in [-0.25, -0.2) is 0 Å². The van der Waals surface area contributed by atoms with Crippen LogP contribution < -0.4 is 5.84 Å². The van der Waals surface area contributed by atoms with Gasteiger partial charge < -0.3 is 9.76 Å². The quantitative estimate of drug-likeness (QED) is 0.207. The molecule has 9 heavy (non-hydrogen) atoms. The highest BCUT2D eigenvalue weighted by Crippen LogP contribution is 2.05. The first-order chi connectivity index (χ1) is 4.10. The van der Waals surface area contributed by atoms with Crippen molar-refractivity contribution < 1.29 is 9.31 Å². The molecule has 0 spiro atoms. The van der Waals surface area contributed by atoms with Crippen LogP contribution in [0.25, 0.3) is 0 Å². The Hall–Kier alpha value is 0.190. The third-order valence-electron chi connectivity index (χ3n) is 1.39. The Balaban J connectivity index is 2.35. The van der Waals surface area contributed by atoms with Crippen molar-refractivity contribution in [2.24, 2.45) is 5.84 Å². The molecule has 1 fully saturated rings. The smallest absolute Gasteiger partial charge is 0.156 e. The SMILES string of the molecule is N[N+]1([O-])CC[S+]([O-])CC1. The van der Waals surface area contributed by atoms with Crippen molar-refractivity contribution in [1.82, 2.24) is 0 Å². The van der Waals surface area contributed by atoms with E-state index in [0.29, 0.717) is 24.6 Å². The monoisotopic (exact) mass is 150 g/mol. The summed E-state index contributed by atoms with van der Waals surface area (Å²) in [5.41, 5.74) is 0. The number of hydrogen-bond donors (Lipinski definition) is 1. The first-order valence-corrected chi connectivity index (χ1v) is 4.31. The van der Waals surface area contributed by atoms with E-state index in [1.807, 2.05) is 0 Å². The molecular formula is C4H10N2O2S. The van der Waals surface area contributed by atoms with Crippen LogP contribution in [0.3, 0.4) is 0 Å². The first kappa shape index (κ1) is 7.30. The minimum atomic E-state index is -0.782. The molecule has 0 radical (unpaired) electrons.